The second-order valence-electron chi connectivity index (χ2n) is 10.4. The fraction of sp³-hybridized carbons (Fsp3) is 0.393. The maximum atomic E-state index is 12.9. The van der Waals surface area contributed by atoms with Crippen molar-refractivity contribution in [1.82, 2.24) is 35.5 Å². The van der Waals surface area contributed by atoms with E-state index in [2.05, 4.69) is 20.8 Å². The van der Waals surface area contributed by atoms with E-state index in [1.807, 2.05) is 0 Å². The predicted molar refractivity (Wildman–Crippen MR) is 170 cm³/mol. The summed E-state index contributed by atoms with van der Waals surface area (Å²) in [6.07, 6.45) is -2.45. The Kier molecular flexibility index (Phi) is 10.8. The van der Waals surface area contributed by atoms with Gasteiger partial charge in [0, 0.05) is 31.1 Å². The van der Waals surface area contributed by atoms with Gasteiger partial charge in [0.2, 0.25) is 5.91 Å². The van der Waals surface area contributed by atoms with E-state index in [-0.39, 0.29) is 31.0 Å². The number of carbonyl (C=O) groups excluding carboxylic acids is 6. The summed E-state index contributed by atoms with van der Waals surface area (Å²) < 4.78 is 10.8. The molecule has 17 nitrogen and oxygen atoms in total. The molecule has 0 saturated carbocycles. The number of amides is 6. The highest BCUT2D eigenvalue weighted by atomic mass is 32.2. The van der Waals surface area contributed by atoms with Crippen LogP contribution in [-0.4, -0.2) is 121 Å². The summed E-state index contributed by atoms with van der Waals surface area (Å²) in [6.45, 7) is 3.58. The average molecular weight is 720 g/mol. The van der Waals surface area contributed by atoms with Crippen LogP contribution in [0.3, 0.4) is 0 Å². The number of fused-ring (bicyclic) bond motifs is 1. The average Bonchev–Trinajstić information content (AvgIpc) is 3.58. The van der Waals surface area contributed by atoms with E-state index in [1.165, 1.54) is 75.8 Å². The number of carboxylic acid groups (broad SMARTS) is 1. The van der Waals surface area contributed by atoms with Crippen LogP contribution in [0.2, 0.25) is 0 Å². The van der Waals surface area contributed by atoms with E-state index in [4.69, 9.17) is 9.47 Å². The summed E-state index contributed by atoms with van der Waals surface area (Å²) in [6, 6.07) is 4.13. The molecule has 0 radical (unpaired) electrons. The Morgan fingerprint density at radius 2 is 1.88 bits per heavy atom. The summed E-state index contributed by atoms with van der Waals surface area (Å²) in [5.74, 6) is -3.16. The Labute approximate surface area is 285 Å². The molecule has 2 fully saturated rings. The molecule has 3 N–H and O–H groups in total. The molecule has 5 rings (SSSR count). The van der Waals surface area contributed by atoms with Gasteiger partial charge in [-0.25, -0.2) is 14.4 Å². The van der Waals surface area contributed by atoms with Crippen molar-refractivity contribution in [3.8, 4) is 5.75 Å². The SMILES string of the molecule is CCN1CCN(C(=O)NC(C)OC(=O)Oc2ccc(CC(=O)NC3C(=O)N4C(C(=O)O)=C(CSc5nncs5)CS[C@@H]34)cc2)C(=O)C1=O. The van der Waals surface area contributed by atoms with Gasteiger partial charge in [0.25, 0.3) is 5.91 Å². The number of β-lactam (4-membered cyclic amide) rings is 1. The van der Waals surface area contributed by atoms with E-state index in [0.29, 0.717) is 33.5 Å². The minimum Gasteiger partial charge on any atom is -0.477 e. The van der Waals surface area contributed by atoms with Crippen molar-refractivity contribution in [2.45, 2.75) is 42.3 Å². The van der Waals surface area contributed by atoms with Gasteiger partial charge < -0.3 is 30.1 Å². The molecule has 1 aromatic carbocycles. The molecule has 3 atom stereocenters. The summed E-state index contributed by atoms with van der Waals surface area (Å²) in [4.78, 5) is 89.9. The minimum absolute atomic E-state index is 0.00285. The molecule has 254 valence electrons. The zero-order valence-corrected chi connectivity index (χ0v) is 27.9. The third-order valence-electron chi connectivity index (χ3n) is 7.30. The number of nitrogens with zero attached hydrogens (tertiary/aromatic N) is 5. The van der Waals surface area contributed by atoms with Crippen LogP contribution >= 0.6 is 34.9 Å². The number of rotatable bonds is 11. The monoisotopic (exact) mass is 719 g/mol. The second kappa shape index (κ2) is 15.0. The molecule has 2 aromatic rings. The zero-order valence-electron chi connectivity index (χ0n) is 25.4. The standard InChI is InChI=1S/C28H29N7O10S3/c1-3-33-8-9-34(23(39)22(33)38)26(42)30-14(2)44-28(43)45-17-6-4-15(5-7-17)10-18(36)31-19-21(37)35-20(25(40)41)16(11-46-24(19)35)12-47-27-32-29-13-48-27/h4-7,13-14,19,24H,3,8-12H2,1-2H3,(H,30,42)(H,31,36)(H,40,41)/t14?,19?,24-/m0/s1. The maximum absolute atomic E-state index is 12.9. The molecule has 4 heterocycles. The molecule has 0 spiro atoms. The second-order valence-corrected chi connectivity index (χ2v) is 13.6. The first kappa shape index (κ1) is 34.6. The Morgan fingerprint density at radius 1 is 1.12 bits per heavy atom. The van der Waals surface area contributed by atoms with Crippen LogP contribution in [0, 0.1) is 0 Å². The number of carboxylic acids is 1. The summed E-state index contributed by atoms with van der Waals surface area (Å²) in [7, 11) is 0. The molecule has 6 amide bonds. The number of likely N-dealkylation sites (N-methyl/N-ethyl adjacent to an activating group) is 1. The fourth-order valence-corrected chi connectivity index (χ4v) is 7.94. The number of benzene rings is 1. The van der Waals surface area contributed by atoms with Crippen molar-refractivity contribution in [1.29, 1.82) is 0 Å². The van der Waals surface area contributed by atoms with Crippen molar-refractivity contribution >= 4 is 76.6 Å². The van der Waals surface area contributed by atoms with Gasteiger partial charge in [-0.3, -0.25) is 29.0 Å². The van der Waals surface area contributed by atoms with E-state index < -0.39 is 59.4 Å². The van der Waals surface area contributed by atoms with Crippen LogP contribution in [0.15, 0.2) is 45.4 Å². The van der Waals surface area contributed by atoms with Gasteiger partial charge in [0.05, 0.1) is 6.42 Å². The van der Waals surface area contributed by atoms with Gasteiger partial charge in [-0.1, -0.05) is 35.2 Å². The van der Waals surface area contributed by atoms with Crippen LogP contribution in [0.1, 0.15) is 19.4 Å². The van der Waals surface area contributed by atoms with Crippen molar-refractivity contribution in [3.05, 3.63) is 46.6 Å². The first-order chi connectivity index (χ1) is 23.0. The van der Waals surface area contributed by atoms with Gasteiger partial charge in [0.1, 0.15) is 28.4 Å². The van der Waals surface area contributed by atoms with Crippen LogP contribution in [-0.2, 0) is 35.1 Å². The van der Waals surface area contributed by atoms with Crippen LogP contribution in [0.25, 0.3) is 0 Å². The highest BCUT2D eigenvalue weighted by Crippen LogP contribution is 2.41. The molecule has 3 aliphatic rings. The molecule has 0 bridgehead atoms. The molecule has 0 aliphatic carbocycles. The van der Waals surface area contributed by atoms with Crippen molar-refractivity contribution in [2.24, 2.45) is 0 Å². The van der Waals surface area contributed by atoms with E-state index in [0.717, 1.165) is 4.90 Å². The number of aromatic nitrogens is 2. The van der Waals surface area contributed by atoms with Crippen LogP contribution in [0.5, 0.6) is 5.75 Å². The van der Waals surface area contributed by atoms with E-state index in [1.54, 1.807) is 12.4 Å². The largest absolute Gasteiger partial charge is 0.515 e. The zero-order chi connectivity index (χ0) is 34.5. The number of ether oxygens (including phenoxy) is 2. The molecule has 2 saturated heterocycles. The lowest BCUT2D eigenvalue weighted by atomic mass is 10.0. The first-order valence-corrected chi connectivity index (χ1v) is 17.3. The summed E-state index contributed by atoms with van der Waals surface area (Å²) in [5.41, 5.74) is 2.63. The first-order valence-electron chi connectivity index (χ1n) is 14.4. The number of thioether (sulfide) groups is 2. The van der Waals surface area contributed by atoms with Gasteiger partial charge in [0.15, 0.2) is 10.6 Å². The molecular formula is C28H29N7O10S3. The summed E-state index contributed by atoms with van der Waals surface area (Å²) in [5, 5.41) is 22.0. The fourth-order valence-electron chi connectivity index (χ4n) is 4.97. The highest BCUT2D eigenvalue weighted by Gasteiger charge is 2.54. The number of nitrogens with one attached hydrogen (secondary N) is 2. The molecule has 20 heteroatoms. The Bertz CT molecular complexity index is 1650. The normalized spacial score (nSPS) is 19.7. The predicted octanol–water partition coefficient (Wildman–Crippen LogP) is 0.873. The van der Waals surface area contributed by atoms with Gasteiger partial charge >= 0.3 is 30.0 Å². The minimum atomic E-state index is -1.22. The smallest absolute Gasteiger partial charge is 0.477 e. The van der Waals surface area contributed by atoms with E-state index >= 15 is 0 Å². The number of hydrogen-bond acceptors (Lipinski definition) is 14. The van der Waals surface area contributed by atoms with E-state index in [9.17, 15) is 38.7 Å². The maximum Gasteiger partial charge on any atom is 0.515 e. The van der Waals surface area contributed by atoms with Crippen LogP contribution < -0.4 is 15.4 Å². The molecule has 1 aromatic heterocycles. The molecule has 48 heavy (non-hydrogen) atoms. The number of carbonyl (C=O) groups is 7. The van der Waals surface area contributed by atoms with Gasteiger partial charge in [-0.05, 0) is 37.1 Å². The van der Waals surface area contributed by atoms with Crippen molar-refractivity contribution in [3.63, 3.8) is 0 Å². The number of aliphatic carboxylic acids is 1. The lowest BCUT2D eigenvalue weighted by Gasteiger charge is -2.49. The van der Waals surface area contributed by atoms with Crippen molar-refractivity contribution < 1.29 is 48.1 Å². The molecular weight excluding hydrogens is 691 g/mol. The lowest BCUT2D eigenvalue weighted by Crippen LogP contribution is -2.70. The van der Waals surface area contributed by atoms with Gasteiger partial charge in [-0.2, -0.15) is 0 Å². The number of hydrogen-bond donors (Lipinski definition) is 3. The Balaban J connectivity index is 1.07. The van der Waals surface area contributed by atoms with Crippen LogP contribution in [0.4, 0.5) is 9.59 Å². The number of imide groups is 1. The lowest BCUT2D eigenvalue weighted by molar-refractivity contribution is -0.153. The number of urea groups is 1. The Hall–Kier alpha value is -4.69. The molecule has 2 unspecified atom stereocenters. The summed E-state index contributed by atoms with van der Waals surface area (Å²) >= 11 is 4.04. The Morgan fingerprint density at radius 3 is 2.54 bits per heavy atom. The topological polar surface area (TPSA) is 218 Å². The number of piperazine rings is 1. The highest BCUT2D eigenvalue weighted by molar-refractivity contribution is 8.01. The molecule has 3 aliphatic heterocycles. The van der Waals surface area contributed by atoms with Gasteiger partial charge in [-0.15, -0.1) is 22.0 Å². The third-order valence-corrected chi connectivity index (χ3v) is 10.6. The van der Waals surface area contributed by atoms with Crippen molar-refractivity contribution in [2.75, 3.05) is 31.1 Å². The third kappa shape index (κ3) is 7.71. The quantitative estimate of drug-likeness (QED) is 0.0734.